The number of rotatable bonds is 7. The lowest BCUT2D eigenvalue weighted by Crippen LogP contribution is -2.34. The van der Waals surface area contributed by atoms with Crippen molar-refractivity contribution in [1.29, 1.82) is 0 Å². The smallest absolute Gasteiger partial charge is 0.414 e. The minimum atomic E-state index is -1.02. The highest BCUT2D eigenvalue weighted by atomic mass is 16.6. The van der Waals surface area contributed by atoms with Crippen LogP contribution in [-0.2, 0) is 17.9 Å². The van der Waals surface area contributed by atoms with E-state index in [1.165, 1.54) is 17.0 Å². The number of benzene rings is 2. The van der Waals surface area contributed by atoms with Crippen molar-refractivity contribution in [2.45, 2.75) is 13.2 Å². The fraction of sp³-hybridized carbons (Fsp3) is 0.150. The summed E-state index contributed by atoms with van der Waals surface area (Å²) < 4.78 is 7.14. The number of carbonyl (C=O) groups excluding carboxylic acids is 1. The largest absolute Gasteiger partial charge is 0.478 e. The number of amides is 1. The highest BCUT2D eigenvalue weighted by Gasteiger charge is 2.18. The van der Waals surface area contributed by atoms with Crippen LogP contribution in [0.5, 0.6) is 0 Å². The second-order valence-electron chi connectivity index (χ2n) is 5.81. The summed E-state index contributed by atoms with van der Waals surface area (Å²) in [6.07, 6.45) is 2.97. The molecular formula is C20H19N3O4. The molecule has 1 heterocycles. The number of aromatic carboxylic acids is 1. The van der Waals surface area contributed by atoms with Gasteiger partial charge in [0.05, 0.1) is 12.1 Å². The number of ether oxygens (including phenoxy) is 1. The van der Waals surface area contributed by atoms with Gasteiger partial charge in [-0.3, -0.25) is 9.58 Å². The van der Waals surface area contributed by atoms with Crippen LogP contribution in [0.1, 0.15) is 15.9 Å². The van der Waals surface area contributed by atoms with Crippen LogP contribution in [0.2, 0.25) is 0 Å². The van der Waals surface area contributed by atoms with Gasteiger partial charge >= 0.3 is 12.1 Å². The Labute approximate surface area is 156 Å². The van der Waals surface area contributed by atoms with Crippen LogP contribution in [0.3, 0.4) is 0 Å². The Hall–Kier alpha value is -3.61. The molecule has 0 spiro atoms. The molecule has 0 unspecified atom stereocenters. The summed E-state index contributed by atoms with van der Waals surface area (Å²) in [7, 11) is 0. The number of carbonyl (C=O) groups is 2. The molecule has 0 aliphatic rings. The zero-order valence-electron chi connectivity index (χ0n) is 14.6. The van der Waals surface area contributed by atoms with Crippen LogP contribution in [0.4, 0.5) is 10.5 Å². The fourth-order valence-corrected chi connectivity index (χ4v) is 2.54. The highest BCUT2D eigenvalue weighted by molar-refractivity contribution is 5.90. The number of anilines is 1. The molecule has 0 saturated heterocycles. The summed E-state index contributed by atoms with van der Waals surface area (Å²) in [6, 6.07) is 17.3. The lowest BCUT2D eigenvalue weighted by Gasteiger charge is -2.22. The summed E-state index contributed by atoms with van der Waals surface area (Å²) in [4.78, 5) is 25.2. The van der Waals surface area contributed by atoms with E-state index in [-0.39, 0.29) is 12.2 Å². The van der Waals surface area contributed by atoms with Gasteiger partial charge in [-0.25, -0.2) is 9.59 Å². The molecule has 3 rings (SSSR count). The van der Waals surface area contributed by atoms with Gasteiger partial charge in [0.1, 0.15) is 6.61 Å². The van der Waals surface area contributed by atoms with E-state index in [2.05, 4.69) is 5.10 Å². The number of carboxylic acid groups (broad SMARTS) is 1. The maximum Gasteiger partial charge on any atom is 0.414 e. The lowest BCUT2D eigenvalue weighted by molar-refractivity contribution is 0.0697. The summed E-state index contributed by atoms with van der Waals surface area (Å²) in [5.41, 5.74) is 1.60. The van der Waals surface area contributed by atoms with Crippen LogP contribution in [-0.4, -0.2) is 33.5 Å². The normalized spacial score (nSPS) is 10.4. The zero-order chi connectivity index (χ0) is 19.1. The Balaban J connectivity index is 1.73. The molecule has 0 aliphatic heterocycles. The van der Waals surface area contributed by atoms with Crippen molar-refractivity contribution in [3.8, 4) is 0 Å². The van der Waals surface area contributed by atoms with Gasteiger partial charge in [0.15, 0.2) is 0 Å². The topological polar surface area (TPSA) is 84.7 Å². The first-order chi connectivity index (χ1) is 13.1. The second-order valence-corrected chi connectivity index (χ2v) is 5.81. The van der Waals surface area contributed by atoms with Gasteiger partial charge in [0.2, 0.25) is 0 Å². The molecule has 0 fully saturated rings. The van der Waals surface area contributed by atoms with Gasteiger partial charge in [-0.15, -0.1) is 0 Å². The quantitative estimate of drug-likeness (QED) is 0.693. The molecule has 1 amide bonds. The Kier molecular flexibility index (Phi) is 5.84. The lowest BCUT2D eigenvalue weighted by atomic mass is 10.2. The fourth-order valence-electron chi connectivity index (χ4n) is 2.54. The van der Waals surface area contributed by atoms with Crippen LogP contribution in [0.25, 0.3) is 0 Å². The van der Waals surface area contributed by atoms with Crippen LogP contribution in [0, 0.1) is 0 Å². The number of aromatic nitrogens is 2. The number of nitrogens with zero attached hydrogens (tertiary/aromatic N) is 3. The van der Waals surface area contributed by atoms with E-state index in [1.54, 1.807) is 35.3 Å². The zero-order valence-corrected chi connectivity index (χ0v) is 14.6. The van der Waals surface area contributed by atoms with Gasteiger partial charge in [0, 0.05) is 24.6 Å². The first-order valence-corrected chi connectivity index (χ1v) is 8.42. The van der Waals surface area contributed by atoms with Crippen molar-refractivity contribution in [3.63, 3.8) is 0 Å². The minimum Gasteiger partial charge on any atom is -0.478 e. The predicted octanol–water partition coefficient (Wildman–Crippen LogP) is 3.42. The molecule has 7 nitrogen and oxygen atoms in total. The third-order valence-electron chi connectivity index (χ3n) is 3.96. The summed E-state index contributed by atoms with van der Waals surface area (Å²) in [5.74, 6) is -1.02. The maximum absolute atomic E-state index is 12.7. The van der Waals surface area contributed by atoms with E-state index in [1.807, 2.05) is 30.3 Å². The monoisotopic (exact) mass is 365 g/mol. The molecule has 0 bridgehead atoms. The predicted molar refractivity (Wildman–Crippen MR) is 99.6 cm³/mol. The molecule has 0 aliphatic carbocycles. The molecular weight excluding hydrogens is 346 g/mol. The first kappa shape index (κ1) is 18.2. The third kappa shape index (κ3) is 4.94. The standard InChI is InChI=1S/C20H19N3O4/c24-19(25)17-7-9-18(10-8-17)23(14-13-22-12-4-11-21-22)20(26)27-15-16-5-2-1-3-6-16/h1-12H,13-15H2,(H,24,25). The van der Waals surface area contributed by atoms with Gasteiger partial charge in [-0.2, -0.15) is 5.10 Å². The van der Waals surface area contributed by atoms with Gasteiger partial charge < -0.3 is 9.84 Å². The molecule has 1 N–H and O–H groups in total. The van der Waals surface area contributed by atoms with E-state index in [0.29, 0.717) is 18.8 Å². The van der Waals surface area contributed by atoms with Crippen molar-refractivity contribution in [2.75, 3.05) is 11.4 Å². The van der Waals surface area contributed by atoms with E-state index >= 15 is 0 Å². The molecule has 1 aromatic heterocycles. The van der Waals surface area contributed by atoms with Crippen molar-refractivity contribution in [1.82, 2.24) is 9.78 Å². The molecule has 0 radical (unpaired) electrons. The van der Waals surface area contributed by atoms with E-state index < -0.39 is 12.1 Å². The summed E-state index contributed by atoms with van der Waals surface area (Å²) in [5, 5.41) is 13.2. The Morgan fingerprint density at radius 2 is 1.78 bits per heavy atom. The van der Waals surface area contributed by atoms with E-state index in [4.69, 9.17) is 9.84 Å². The molecule has 138 valence electrons. The SMILES string of the molecule is O=C(O)c1ccc(N(CCn2cccn2)C(=O)OCc2ccccc2)cc1. The second kappa shape index (κ2) is 8.66. The van der Waals surface area contributed by atoms with Crippen LogP contribution < -0.4 is 4.90 Å². The minimum absolute atomic E-state index is 0.156. The number of hydrogen-bond acceptors (Lipinski definition) is 4. The van der Waals surface area contributed by atoms with Gasteiger partial charge in [-0.1, -0.05) is 30.3 Å². The van der Waals surface area contributed by atoms with Crippen molar-refractivity contribution >= 4 is 17.7 Å². The van der Waals surface area contributed by atoms with Crippen LogP contribution in [0.15, 0.2) is 73.1 Å². The highest BCUT2D eigenvalue weighted by Crippen LogP contribution is 2.17. The summed E-state index contributed by atoms with van der Waals surface area (Å²) >= 11 is 0. The Bertz CT molecular complexity index is 877. The Morgan fingerprint density at radius 3 is 2.41 bits per heavy atom. The maximum atomic E-state index is 12.7. The average Bonchev–Trinajstić information content (AvgIpc) is 3.21. The average molecular weight is 365 g/mol. The number of hydrogen-bond donors (Lipinski definition) is 1. The van der Waals surface area contributed by atoms with Crippen molar-refractivity contribution in [3.05, 3.63) is 84.2 Å². The summed E-state index contributed by atoms with van der Waals surface area (Å²) in [6.45, 7) is 0.973. The molecule has 2 aromatic carbocycles. The van der Waals surface area contributed by atoms with Crippen LogP contribution >= 0.6 is 0 Å². The third-order valence-corrected chi connectivity index (χ3v) is 3.96. The van der Waals surface area contributed by atoms with Gasteiger partial charge in [0.25, 0.3) is 0 Å². The molecule has 3 aromatic rings. The van der Waals surface area contributed by atoms with Crippen molar-refractivity contribution in [2.24, 2.45) is 0 Å². The molecule has 0 saturated carbocycles. The molecule has 27 heavy (non-hydrogen) atoms. The Morgan fingerprint density at radius 1 is 1.04 bits per heavy atom. The first-order valence-electron chi connectivity index (χ1n) is 8.42. The molecule has 7 heteroatoms. The van der Waals surface area contributed by atoms with E-state index in [0.717, 1.165) is 5.56 Å². The van der Waals surface area contributed by atoms with E-state index in [9.17, 15) is 9.59 Å². The number of carboxylic acids is 1. The van der Waals surface area contributed by atoms with Gasteiger partial charge in [-0.05, 0) is 35.9 Å². The van der Waals surface area contributed by atoms with Crippen molar-refractivity contribution < 1.29 is 19.4 Å². The molecule has 0 atom stereocenters.